The standard InChI is InChI=1S/C6H6O5/c7-5(8)3-1-2-4(11-3)6(9)10/h1,4H,2H2,(H,7,8)(H,9,10). The Kier molecular flexibility index (Phi) is 1.80. The van der Waals surface area contributed by atoms with Gasteiger partial charge in [0, 0.05) is 6.42 Å². The van der Waals surface area contributed by atoms with E-state index < -0.39 is 18.0 Å². The first-order valence-electron chi connectivity index (χ1n) is 2.94. The number of carboxylic acid groups (broad SMARTS) is 2. The largest absolute Gasteiger partial charge is 0.478 e. The zero-order valence-electron chi connectivity index (χ0n) is 5.48. The number of hydrogen-bond donors (Lipinski definition) is 2. The van der Waals surface area contributed by atoms with E-state index in [0.29, 0.717) is 0 Å². The van der Waals surface area contributed by atoms with Crippen LogP contribution >= 0.6 is 0 Å². The Balaban J connectivity index is 2.56. The molecule has 1 aliphatic rings. The van der Waals surface area contributed by atoms with Gasteiger partial charge in [0.05, 0.1) is 0 Å². The van der Waals surface area contributed by atoms with Gasteiger partial charge in [0.1, 0.15) is 0 Å². The van der Waals surface area contributed by atoms with Gasteiger partial charge in [-0.2, -0.15) is 0 Å². The van der Waals surface area contributed by atoms with Crippen molar-refractivity contribution in [3.05, 3.63) is 11.8 Å². The summed E-state index contributed by atoms with van der Waals surface area (Å²) in [5.74, 6) is -2.65. The van der Waals surface area contributed by atoms with Crippen LogP contribution in [0.5, 0.6) is 0 Å². The molecule has 0 radical (unpaired) electrons. The van der Waals surface area contributed by atoms with Crippen LogP contribution in [0.25, 0.3) is 0 Å². The van der Waals surface area contributed by atoms with E-state index in [9.17, 15) is 9.59 Å². The summed E-state index contributed by atoms with van der Waals surface area (Å²) in [5, 5.41) is 16.7. The van der Waals surface area contributed by atoms with Crippen LogP contribution in [-0.4, -0.2) is 28.3 Å². The summed E-state index contributed by atoms with van der Waals surface area (Å²) >= 11 is 0. The number of carboxylic acids is 2. The molecule has 0 amide bonds. The highest BCUT2D eigenvalue weighted by atomic mass is 16.5. The van der Waals surface area contributed by atoms with Gasteiger partial charge in [0.2, 0.25) is 5.76 Å². The summed E-state index contributed by atoms with van der Waals surface area (Å²) in [6.45, 7) is 0. The zero-order chi connectivity index (χ0) is 8.43. The summed E-state index contributed by atoms with van der Waals surface area (Å²) in [7, 11) is 0. The summed E-state index contributed by atoms with van der Waals surface area (Å²) in [5.41, 5.74) is 0. The first-order valence-corrected chi connectivity index (χ1v) is 2.94. The van der Waals surface area contributed by atoms with Gasteiger partial charge in [-0.05, 0) is 6.08 Å². The lowest BCUT2D eigenvalue weighted by Crippen LogP contribution is -2.20. The molecule has 0 aromatic heterocycles. The molecular weight excluding hydrogens is 152 g/mol. The number of ether oxygens (including phenoxy) is 1. The monoisotopic (exact) mass is 158 g/mol. The maximum Gasteiger partial charge on any atom is 0.370 e. The predicted molar refractivity (Wildman–Crippen MR) is 32.8 cm³/mol. The Morgan fingerprint density at radius 1 is 1.55 bits per heavy atom. The van der Waals surface area contributed by atoms with Crippen molar-refractivity contribution in [1.82, 2.24) is 0 Å². The van der Waals surface area contributed by atoms with Gasteiger partial charge < -0.3 is 14.9 Å². The molecular formula is C6H6O5. The van der Waals surface area contributed by atoms with Crippen molar-refractivity contribution in [3.63, 3.8) is 0 Å². The second kappa shape index (κ2) is 2.61. The third-order valence-electron chi connectivity index (χ3n) is 1.27. The van der Waals surface area contributed by atoms with Gasteiger partial charge in [0.25, 0.3) is 0 Å². The van der Waals surface area contributed by atoms with Crippen molar-refractivity contribution >= 4 is 11.9 Å². The molecule has 0 aliphatic carbocycles. The molecule has 5 heteroatoms. The summed E-state index contributed by atoms with van der Waals surface area (Å²) in [6.07, 6.45) is 0.346. The third kappa shape index (κ3) is 1.49. The summed E-state index contributed by atoms with van der Waals surface area (Å²) in [4.78, 5) is 20.4. The van der Waals surface area contributed by atoms with Crippen molar-refractivity contribution in [2.75, 3.05) is 0 Å². The molecule has 2 N–H and O–H groups in total. The van der Waals surface area contributed by atoms with E-state index in [1.807, 2.05) is 0 Å². The van der Waals surface area contributed by atoms with E-state index in [4.69, 9.17) is 10.2 Å². The highest BCUT2D eigenvalue weighted by Gasteiger charge is 2.27. The highest BCUT2D eigenvalue weighted by Crippen LogP contribution is 2.16. The summed E-state index contributed by atoms with van der Waals surface area (Å²) < 4.78 is 4.55. The predicted octanol–water partition coefficient (Wildman–Crippen LogP) is -0.172. The van der Waals surface area contributed by atoms with Crippen molar-refractivity contribution in [2.24, 2.45) is 0 Å². The maximum atomic E-state index is 10.2. The van der Waals surface area contributed by atoms with Gasteiger partial charge in [-0.25, -0.2) is 9.59 Å². The molecule has 0 spiro atoms. The summed E-state index contributed by atoms with van der Waals surface area (Å²) in [6, 6.07) is 0. The lowest BCUT2D eigenvalue weighted by atomic mass is 10.3. The smallest absolute Gasteiger partial charge is 0.370 e. The van der Waals surface area contributed by atoms with E-state index in [2.05, 4.69) is 4.74 Å². The second-order valence-electron chi connectivity index (χ2n) is 2.05. The average Bonchev–Trinajstić information content (AvgIpc) is 2.33. The minimum Gasteiger partial charge on any atom is -0.478 e. The molecule has 1 heterocycles. The number of rotatable bonds is 2. The molecule has 1 aliphatic heterocycles. The molecule has 11 heavy (non-hydrogen) atoms. The van der Waals surface area contributed by atoms with Crippen LogP contribution in [0, 0.1) is 0 Å². The number of hydrogen-bond acceptors (Lipinski definition) is 3. The Morgan fingerprint density at radius 3 is 2.45 bits per heavy atom. The molecule has 0 aromatic carbocycles. The minimum absolute atomic E-state index is 0.122. The molecule has 1 rings (SSSR count). The highest BCUT2D eigenvalue weighted by molar-refractivity contribution is 5.86. The van der Waals surface area contributed by atoms with Crippen LogP contribution in [0.4, 0.5) is 0 Å². The van der Waals surface area contributed by atoms with E-state index in [0.717, 1.165) is 0 Å². The Bertz CT molecular complexity index is 229. The Hall–Kier alpha value is -1.52. The van der Waals surface area contributed by atoms with Gasteiger partial charge in [-0.1, -0.05) is 0 Å². The zero-order valence-corrected chi connectivity index (χ0v) is 5.48. The average molecular weight is 158 g/mol. The molecule has 1 atom stereocenters. The van der Waals surface area contributed by atoms with Crippen molar-refractivity contribution in [3.8, 4) is 0 Å². The number of carbonyl (C=O) groups is 2. The van der Waals surface area contributed by atoms with Crippen molar-refractivity contribution in [2.45, 2.75) is 12.5 Å². The fraction of sp³-hybridized carbons (Fsp3) is 0.333. The van der Waals surface area contributed by atoms with Crippen LogP contribution in [0.3, 0.4) is 0 Å². The van der Waals surface area contributed by atoms with Gasteiger partial charge >= 0.3 is 11.9 Å². The lowest BCUT2D eigenvalue weighted by Gasteiger charge is -2.04. The fourth-order valence-electron chi connectivity index (χ4n) is 0.753. The molecule has 5 nitrogen and oxygen atoms in total. The minimum atomic E-state index is -1.23. The van der Waals surface area contributed by atoms with Crippen molar-refractivity contribution in [1.29, 1.82) is 0 Å². The molecule has 0 saturated carbocycles. The molecule has 0 saturated heterocycles. The molecule has 60 valence electrons. The van der Waals surface area contributed by atoms with E-state index in [-0.39, 0.29) is 12.2 Å². The topological polar surface area (TPSA) is 83.8 Å². The van der Waals surface area contributed by atoms with E-state index >= 15 is 0 Å². The van der Waals surface area contributed by atoms with Crippen LogP contribution in [0.1, 0.15) is 6.42 Å². The lowest BCUT2D eigenvalue weighted by molar-refractivity contribution is -0.148. The first kappa shape index (κ1) is 7.59. The van der Waals surface area contributed by atoms with E-state index in [1.165, 1.54) is 6.08 Å². The quantitative estimate of drug-likeness (QED) is 0.582. The Labute approximate surface area is 61.9 Å². The normalized spacial score (nSPS) is 22.2. The maximum absolute atomic E-state index is 10.2. The third-order valence-corrected chi connectivity index (χ3v) is 1.27. The molecule has 1 unspecified atom stereocenters. The SMILES string of the molecule is O=C(O)C1=CCC(C(=O)O)O1. The molecule has 0 bridgehead atoms. The second-order valence-corrected chi connectivity index (χ2v) is 2.05. The van der Waals surface area contributed by atoms with Crippen LogP contribution in [-0.2, 0) is 14.3 Å². The van der Waals surface area contributed by atoms with E-state index in [1.54, 1.807) is 0 Å². The Morgan fingerprint density at radius 2 is 2.18 bits per heavy atom. The van der Waals surface area contributed by atoms with Crippen molar-refractivity contribution < 1.29 is 24.5 Å². The van der Waals surface area contributed by atoms with Gasteiger partial charge in [0.15, 0.2) is 6.10 Å². The molecule has 0 aromatic rings. The fourth-order valence-corrected chi connectivity index (χ4v) is 0.753. The number of aliphatic carboxylic acids is 2. The molecule has 0 fully saturated rings. The van der Waals surface area contributed by atoms with Crippen LogP contribution in [0.2, 0.25) is 0 Å². The first-order chi connectivity index (χ1) is 5.11. The van der Waals surface area contributed by atoms with Crippen LogP contribution in [0.15, 0.2) is 11.8 Å². The van der Waals surface area contributed by atoms with Crippen LogP contribution < -0.4 is 0 Å². The van der Waals surface area contributed by atoms with Gasteiger partial charge in [-0.3, -0.25) is 0 Å². The van der Waals surface area contributed by atoms with Gasteiger partial charge in [-0.15, -0.1) is 0 Å².